The van der Waals surface area contributed by atoms with Gasteiger partial charge >= 0.3 is 0 Å². The second kappa shape index (κ2) is 8.88. The van der Waals surface area contributed by atoms with Crippen molar-refractivity contribution in [3.63, 3.8) is 0 Å². The van der Waals surface area contributed by atoms with Crippen molar-refractivity contribution in [2.45, 2.75) is 13.0 Å². The molecular weight excluding hydrogens is 378 g/mol. The fourth-order valence-electron chi connectivity index (χ4n) is 2.69. The third-order valence-electron chi connectivity index (χ3n) is 3.90. The lowest BCUT2D eigenvalue weighted by atomic mass is 10.0. The molecular formula is C21H19NO3S2. The molecule has 0 aliphatic carbocycles. The average Bonchev–Trinajstić information content (AvgIpc) is 2.98. The summed E-state index contributed by atoms with van der Waals surface area (Å²) in [6.07, 6.45) is 4.23. The number of thiocarbonyl (C=S) groups is 1. The number of nitrogens with one attached hydrogen (secondary N) is 1. The number of carbonyl (C=O) groups is 1. The third kappa shape index (κ3) is 4.78. The van der Waals surface area contributed by atoms with E-state index in [-0.39, 0.29) is 5.91 Å². The lowest BCUT2D eigenvalue weighted by Crippen LogP contribution is -2.17. The van der Waals surface area contributed by atoms with Gasteiger partial charge in [-0.15, -0.1) is 6.58 Å². The minimum Gasteiger partial charge on any atom is -0.493 e. The largest absolute Gasteiger partial charge is 0.493 e. The first-order valence-corrected chi connectivity index (χ1v) is 9.56. The Labute approximate surface area is 168 Å². The average molecular weight is 398 g/mol. The van der Waals surface area contributed by atoms with Crippen LogP contribution >= 0.6 is 24.0 Å². The number of hydrogen-bond acceptors (Lipinski definition) is 5. The predicted octanol–water partition coefficient (Wildman–Crippen LogP) is 4.49. The molecule has 2 aromatic rings. The van der Waals surface area contributed by atoms with Crippen molar-refractivity contribution >= 4 is 40.3 Å². The van der Waals surface area contributed by atoms with Gasteiger partial charge in [-0.3, -0.25) is 4.79 Å². The Balaban J connectivity index is 1.93. The van der Waals surface area contributed by atoms with E-state index in [0.29, 0.717) is 33.8 Å². The van der Waals surface area contributed by atoms with Gasteiger partial charge < -0.3 is 14.8 Å². The van der Waals surface area contributed by atoms with Crippen LogP contribution in [0, 0.1) is 0 Å². The van der Waals surface area contributed by atoms with Gasteiger partial charge in [0.15, 0.2) is 11.5 Å². The van der Waals surface area contributed by atoms with Crippen LogP contribution < -0.4 is 14.8 Å². The van der Waals surface area contributed by atoms with Crippen molar-refractivity contribution in [1.82, 2.24) is 5.32 Å². The zero-order chi connectivity index (χ0) is 19.2. The van der Waals surface area contributed by atoms with Crippen molar-refractivity contribution in [3.8, 4) is 11.5 Å². The molecule has 2 aromatic carbocycles. The summed E-state index contributed by atoms with van der Waals surface area (Å²) in [4.78, 5) is 12.5. The van der Waals surface area contributed by atoms with Crippen molar-refractivity contribution in [3.05, 3.63) is 76.7 Å². The second-order valence-electron chi connectivity index (χ2n) is 5.83. The van der Waals surface area contributed by atoms with E-state index in [4.69, 9.17) is 21.7 Å². The first kappa shape index (κ1) is 19.2. The quantitative estimate of drug-likeness (QED) is 0.424. The molecule has 4 nitrogen and oxygen atoms in total. The zero-order valence-corrected chi connectivity index (χ0v) is 16.5. The van der Waals surface area contributed by atoms with Gasteiger partial charge in [-0.2, -0.15) is 0 Å². The van der Waals surface area contributed by atoms with Gasteiger partial charge in [-0.25, -0.2) is 0 Å². The van der Waals surface area contributed by atoms with Crippen LogP contribution in [0.5, 0.6) is 11.5 Å². The minimum atomic E-state index is -0.182. The van der Waals surface area contributed by atoms with E-state index in [1.807, 2.05) is 48.5 Å². The summed E-state index contributed by atoms with van der Waals surface area (Å²) in [6.45, 7) is 4.27. The lowest BCUT2D eigenvalue weighted by Gasteiger charge is -2.16. The van der Waals surface area contributed by atoms with Crippen LogP contribution in [0.2, 0.25) is 0 Å². The van der Waals surface area contributed by atoms with Crippen molar-refractivity contribution in [1.29, 1.82) is 0 Å². The SMILES string of the molecule is C=CCc1cc(/C=C2/SC(=S)NC2=O)cc(OC)c1OCc1ccccc1. The molecule has 1 saturated heterocycles. The van der Waals surface area contributed by atoms with E-state index >= 15 is 0 Å². The van der Waals surface area contributed by atoms with Crippen LogP contribution in [-0.2, 0) is 17.8 Å². The summed E-state index contributed by atoms with van der Waals surface area (Å²) in [5, 5.41) is 2.62. The molecule has 6 heteroatoms. The van der Waals surface area contributed by atoms with Crippen LogP contribution in [0.4, 0.5) is 0 Å². The van der Waals surface area contributed by atoms with Gasteiger partial charge in [0, 0.05) is 5.56 Å². The fourth-order valence-corrected chi connectivity index (χ4v) is 3.74. The molecule has 0 atom stereocenters. The standard InChI is InChI=1S/C21H19NO3S2/c1-3-7-16-10-15(12-18-20(23)22-21(26)27-18)11-17(24-2)19(16)25-13-14-8-5-4-6-9-14/h3-6,8-12H,1,7,13H2,2H3,(H,22,23,26)/b18-12+. The van der Waals surface area contributed by atoms with Gasteiger partial charge in [0.1, 0.15) is 10.9 Å². The van der Waals surface area contributed by atoms with E-state index < -0.39 is 0 Å². The first-order chi connectivity index (χ1) is 13.1. The minimum absolute atomic E-state index is 0.182. The second-order valence-corrected chi connectivity index (χ2v) is 7.55. The molecule has 1 heterocycles. The molecule has 0 radical (unpaired) electrons. The van der Waals surface area contributed by atoms with E-state index in [9.17, 15) is 4.79 Å². The summed E-state index contributed by atoms with van der Waals surface area (Å²) in [5.41, 5.74) is 2.86. The number of amides is 1. The Morgan fingerprint density at radius 2 is 2.04 bits per heavy atom. The van der Waals surface area contributed by atoms with E-state index in [1.54, 1.807) is 13.2 Å². The molecule has 1 aliphatic rings. The molecule has 0 aromatic heterocycles. The summed E-state index contributed by atoms with van der Waals surface area (Å²) in [5.74, 6) is 1.12. The Morgan fingerprint density at radius 1 is 1.26 bits per heavy atom. The molecule has 3 rings (SSSR count). The predicted molar refractivity (Wildman–Crippen MR) is 114 cm³/mol. The van der Waals surface area contributed by atoms with Crippen LogP contribution in [0.1, 0.15) is 16.7 Å². The molecule has 1 amide bonds. The maximum Gasteiger partial charge on any atom is 0.263 e. The van der Waals surface area contributed by atoms with Crippen LogP contribution in [0.25, 0.3) is 6.08 Å². The van der Waals surface area contributed by atoms with Gasteiger partial charge in [0.05, 0.1) is 12.0 Å². The van der Waals surface area contributed by atoms with Crippen molar-refractivity contribution in [2.75, 3.05) is 7.11 Å². The van der Waals surface area contributed by atoms with Gasteiger partial charge in [0.25, 0.3) is 5.91 Å². The zero-order valence-electron chi connectivity index (χ0n) is 14.9. The monoisotopic (exact) mass is 397 g/mol. The number of rotatable bonds is 7. The molecule has 138 valence electrons. The lowest BCUT2D eigenvalue weighted by molar-refractivity contribution is -0.115. The highest BCUT2D eigenvalue weighted by molar-refractivity contribution is 8.26. The van der Waals surface area contributed by atoms with Gasteiger partial charge in [-0.05, 0) is 35.8 Å². The number of hydrogen-bond donors (Lipinski definition) is 1. The Bertz CT molecular complexity index is 907. The Morgan fingerprint density at radius 3 is 2.67 bits per heavy atom. The molecule has 0 bridgehead atoms. The van der Waals surface area contributed by atoms with Crippen molar-refractivity contribution in [2.24, 2.45) is 0 Å². The van der Waals surface area contributed by atoms with Gasteiger partial charge in [0.2, 0.25) is 0 Å². The number of thioether (sulfide) groups is 1. The number of allylic oxidation sites excluding steroid dienone is 1. The number of carbonyl (C=O) groups excluding carboxylic acids is 1. The molecule has 1 fully saturated rings. The van der Waals surface area contributed by atoms with Crippen LogP contribution in [0.15, 0.2) is 60.0 Å². The van der Waals surface area contributed by atoms with E-state index in [2.05, 4.69) is 11.9 Å². The maximum absolute atomic E-state index is 11.9. The smallest absolute Gasteiger partial charge is 0.263 e. The van der Waals surface area contributed by atoms with E-state index in [0.717, 1.165) is 16.7 Å². The summed E-state index contributed by atoms with van der Waals surface area (Å²) in [7, 11) is 1.60. The summed E-state index contributed by atoms with van der Waals surface area (Å²) < 4.78 is 12.1. The highest BCUT2D eigenvalue weighted by Crippen LogP contribution is 2.36. The maximum atomic E-state index is 11.9. The topological polar surface area (TPSA) is 47.6 Å². The molecule has 0 spiro atoms. The Hall–Kier alpha value is -2.57. The number of benzene rings is 2. The molecule has 27 heavy (non-hydrogen) atoms. The van der Waals surface area contributed by atoms with Crippen LogP contribution in [-0.4, -0.2) is 17.3 Å². The highest BCUT2D eigenvalue weighted by atomic mass is 32.2. The highest BCUT2D eigenvalue weighted by Gasteiger charge is 2.22. The normalized spacial score (nSPS) is 14.9. The molecule has 0 saturated carbocycles. The number of methoxy groups -OCH3 is 1. The first-order valence-electron chi connectivity index (χ1n) is 8.34. The fraction of sp³-hybridized carbons (Fsp3) is 0.143. The van der Waals surface area contributed by atoms with E-state index in [1.165, 1.54) is 11.8 Å². The summed E-state index contributed by atoms with van der Waals surface area (Å²) >= 11 is 6.29. The number of ether oxygens (including phenoxy) is 2. The summed E-state index contributed by atoms with van der Waals surface area (Å²) in [6, 6.07) is 13.8. The molecule has 0 unspecified atom stereocenters. The molecule has 1 aliphatic heterocycles. The Kier molecular flexibility index (Phi) is 6.32. The third-order valence-corrected chi connectivity index (χ3v) is 5.07. The van der Waals surface area contributed by atoms with Crippen molar-refractivity contribution < 1.29 is 14.3 Å². The molecule has 1 N–H and O–H groups in total. The van der Waals surface area contributed by atoms with Gasteiger partial charge in [-0.1, -0.05) is 60.4 Å². The van der Waals surface area contributed by atoms with Crippen LogP contribution in [0.3, 0.4) is 0 Å².